The second kappa shape index (κ2) is 8.09. The molecule has 0 aliphatic carbocycles. The molecule has 0 saturated carbocycles. The van der Waals surface area contributed by atoms with E-state index in [1.807, 2.05) is 6.07 Å². The number of nitrogens with zero attached hydrogens (tertiary/aromatic N) is 4. The second-order valence-electron chi connectivity index (χ2n) is 5.58. The van der Waals surface area contributed by atoms with Gasteiger partial charge < -0.3 is 9.64 Å². The molecule has 3 rings (SSSR count). The summed E-state index contributed by atoms with van der Waals surface area (Å²) in [6.07, 6.45) is 0.685. The summed E-state index contributed by atoms with van der Waals surface area (Å²) < 4.78 is 37.1. The summed E-state index contributed by atoms with van der Waals surface area (Å²) in [6, 6.07) is 6.80. The SMILES string of the molecule is COCCc1nsc(N2CCN(S(=O)(=O)c3cccc(Br)c3)CC2)n1. The fourth-order valence-corrected chi connectivity index (χ4v) is 5.35. The minimum Gasteiger partial charge on any atom is -0.384 e. The van der Waals surface area contributed by atoms with Gasteiger partial charge >= 0.3 is 0 Å². The number of methoxy groups -OCH3 is 1. The Bertz CT molecular complexity index is 820. The quantitative estimate of drug-likeness (QED) is 0.675. The number of piperazine rings is 1. The van der Waals surface area contributed by atoms with Crippen LogP contribution in [0.1, 0.15) is 5.82 Å². The number of hydrogen-bond donors (Lipinski definition) is 0. The second-order valence-corrected chi connectivity index (χ2v) is 9.17. The topological polar surface area (TPSA) is 75.6 Å². The number of benzene rings is 1. The third-order valence-corrected chi connectivity index (χ3v) is 7.13. The molecule has 0 N–H and O–H groups in total. The van der Waals surface area contributed by atoms with E-state index < -0.39 is 10.0 Å². The van der Waals surface area contributed by atoms with Crippen LogP contribution >= 0.6 is 27.5 Å². The van der Waals surface area contributed by atoms with Crippen LogP contribution in [0.25, 0.3) is 0 Å². The van der Waals surface area contributed by atoms with E-state index >= 15 is 0 Å². The van der Waals surface area contributed by atoms with E-state index in [2.05, 4.69) is 30.2 Å². The maximum atomic E-state index is 12.8. The van der Waals surface area contributed by atoms with Crippen molar-refractivity contribution < 1.29 is 13.2 Å². The zero-order valence-corrected chi connectivity index (χ0v) is 17.0. The third-order valence-electron chi connectivity index (χ3n) is 3.93. The zero-order chi connectivity index (χ0) is 17.9. The van der Waals surface area contributed by atoms with Gasteiger partial charge in [-0.3, -0.25) is 0 Å². The molecule has 1 aliphatic rings. The molecule has 0 amide bonds. The Kier molecular flexibility index (Phi) is 6.05. The molecule has 1 saturated heterocycles. The van der Waals surface area contributed by atoms with Gasteiger partial charge in [0.15, 0.2) is 0 Å². The molecule has 25 heavy (non-hydrogen) atoms. The lowest BCUT2D eigenvalue weighted by Crippen LogP contribution is -2.48. The third kappa shape index (κ3) is 4.37. The molecular weight excluding hydrogens is 428 g/mol. The first-order valence-corrected chi connectivity index (χ1v) is 10.8. The average molecular weight is 447 g/mol. The fraction of sp³-hybridized carbons (Fsp3) is 0.467. The molecule has 1 fully saturated rings. The standard InChI is InChI=1S/C15H19BrN4O3S2/c1-23-10-5-14-17-15(24-18-14)19-6-8-20(9-7-19)25(21,22)13-4-2-3-12(16)11-13/h2-4,11H,5-10H2,1H3. The van der Waals surface area contributed by atoms with Crippen LogP contribution in [-0.4, -0.2) is 62.0 Å². The highest BCUT2D eigenvalue weighted by Gasteiger charge is 2.29. The highest BCUT2D eigenvalue weighted by atomic mass is 79.9. The summed E-state index contributed by atoms with van der Waals surface area (Å²) in [6.45, 7) is 2.66. The highest BCUT2D eigenvalue weighted by Crippen LogP contribution is 2.24. The van der Waals surface area contributed by atoms with Gasteiger partial charge in [-0.25, -0.2) is 13.4 Å². The van der Waals surface area contributed by atoms with E-state index in [0.29, 0.717) is 44.1 Å². The predicted octanol–water partition coefficient (Wildman–Crippen LogP) is 2.00. The van der Waals surface area contributed by atoms with Gasteiger partial charge in [0.25, 0.3) is 0 Å². The number of halogens is 1. The van der Waals surface area contributed by atoms with Gasteiger partial charge in [0.05, 0.1) is 11.5 Å². The van der Waals surface area contributed by atoms with Crippen molar-refractivity contribution in [2.75, 3.05) is 44.8 Å². The van der Waals surface area contributed by atoms with E-state index in [1.54, 1.807) is 25.3 Å². The molecule has 1 aromatic heterocycles. The van der Waals surface area contributed by atoms with E-state index in [1.165, 1.54) is 15.8 Å². The van der Waals surface area contributed by atoms with E-state index in [-0.39, 0.29) is 0 Å². The monoisotopic (exact) mass is 446 g/mol. The Balaban J connectivity index is 1.64. The van der Waals surface area contributed by atoms with Crippen LogP contribution in [-0.2, 0) is 21.2 Å². The van der Waals surface area contributed by atoms with Crippen molar-refractivity contribution in [1.82, 2.24) is 13.7 Å². The molecule has 0 bridgehead atoms. The molecule has 7 nitrogen and oxygen atoms in total. The van der Waals surface area contributed by atoms with Crippen molar-refractivity contribution >= 4 is 42.6 Å². The average Bonchev–Trinajstić information content (AvgIpc) is 3.09. The number of ether oxygens (including phenoxy) is 1. The minimum absolute atomic E-state index is 0.313. The van der Waals surface area contributed by atoms with Crippen LogP contribution in [0.2, 0.25) is 0 Å². The highest BCUT2D eigenvalue weighted by molar-refractivity contribution is 9.10. The number of aromatic nitrogens is 2. The van der Waals surface area contributed by atoms with E-state index in [0.717, 1.165) is 15.4 Å². The lowest BCUT2D eigenvalue weighted by Gasteiger charge is -2.33. The first-order chi connectivity index (χ1) is 12.0. The van der Waals surface area contributed by atoms with Crippen LogP contribution in [0.4, 0.5) is 5.13 Å². The lowest BCUT2D eigenvalue weighted by molar-refractivity contribution is 0.201. The minimum atomic E-state index is -3.47. The molecule has 2 heterocycles. The van der Waals surface area contributed by atoms with Gasteiger partial charge in [-0.05, 0) is 18.2 Å². The summed E-state index contributed by atoms with van der Waals surface area (Å²) in [5, 5.41) is 0.839. The van der Waals surface area contributed by atoms with E-state index in [9.17, 15) is 8.42 Å². The Labute approximate surface area is 160 Å². The smallest absolute Gasteiger partial charge is 0.243 e. The number of hydrogen-bond acceptors (Lipinski definition) is 7. The fourth-order valence-electron chi connectivity index (χ4n) is 2.56. The molecule has 1 aliphatic heterocycles. The van der Waals surface area contributed by atoms with Gasteiger partial charge in [0, 0.05) is 55.7 Å². The number of sulfonamides is 1. The van der Waals surface area contributed by atoms with Crippen molar-refractivity contribution in [3.8, 4) is 0 Å². The Morgan fingerprint density at radius 3 is 2.72 bits per heavy atom. The van der Waals surface area contributed by atoms with Crippen molar-refractivity contribution in [2.45, 2.75) is 11.3 Å². The zero-order valence-electron chi connectivity index (χ0n) is 13.8. The van der Waals surface area contributed by atoms with Gasteiger partial charge in [-0.2, -0.15) is 8.68 Å². The van der Waals surface area contributed by atoms with Crippen molar-refractivity contribution in [3.63, 3.8) is 0 Å². The van der Waals surface area contributed by atoms with Crippen LogP contribution in [0, 0.1) is 0 Å². The molecule has 0 atom stereocenters. The van der Waals surface area contributed by atoms with Gasteiger partial charge in [0.1, 0.15) is 5.82 Å². The molecular formula is C15H19BrN4O3S2. The molecule has 0 radical (unpaired) electrons. The molecule has 136 valence electrons. The Hall–Kier alpha value is -1.07. The lowest BCUT2D eigenvalue weighted by atomic mass is 10.4. The first-order valence-electron chi connectivity index (χ1n) is 7.83. The number of rotatable bonds is 6. The summed E-state index contributed by atoms with van der Waals surface area (Å²) in [7, 11) is -1.82. The van der Waals surface area contributed by atoms with Crippen LogP contribution in [0.5, 0.6) is 0 Å². The normalized spacial score (nSPS) is 16.3. The van der Waals surface area contributed by atoms with Crippen LogP contribution in [0.15, 0.2) is 33.6 Å². The first kappa shape index (κ1) is 18.7. The van der Waals surface area contributed by atoms with Crippen LogP contribution in [0.3, 0.4) is 0 Å². The molecule has 2 aromatic rings. The maximum absolute atomic E-state index is 12.8. The Morgan fingerprint density at radius 2 is 2.04 bits per heavy atom. The van der Waals surface area contributed by atoms with Gasteiger partial charge in [-0.1, -0.05) is 22.0 Å². The summed E-state index contributed by atoms with van der Waals surface area (Å²) >= 11 is 4.67. The summed E-state index contributed by atoms with van der Waals surface area (Å²) in [5.74, 6) is 0.769. The molecule has 1 aromatic carbocycles. The van der Waals surface area contributed by atoms with E-state index in [4.69, 9.17) is 4.74 Å². The van der Waals surface area contributed by atoms with Crippen molar-refractivity contribution in [2.24, 2.45) is 0 Å². The molecule has 10 heteroatoms. The Morgan fingerprint density at radius 1 is 1.28 bits per heavy atom. The van der Waals surface area contributed by atoms with Gasteiger partial charge in [0.2, 0.25) is 15.2 Å². The summed E-state index contributed by atoms with van der Waals surface area (Å²) in [5.41, 5.74) is 0. The van der Waals surface area contributed by atoms with Crippen LogP contribution < -0.4 is 4.90 Å². The molecule has 0 spiro atoms. The van der Waals surface area contributed by atoms with Gasteiger partial charge in [-0.15, -0.1) is 0 Å². The molecule has 0 unspecified atom stereocenters. The number of anilines is 1. The summed E-state index contributed by atoms with van der Waals surface area (Å²) in [4.78, 5) is 6.90. The predicted molar refractivity (Wildman–Crippen MR) is 101 cm³/mol. The van der Waals surface area contributed by atoms with Crippen molar-refractivity contribution in [3.05, 3.63) is 34.6 Å². The largest absolute Gasteiger partial charge is 0.384 e. The maximum Gasteiger partial charge on any atom is 0.243 e. The van der Waals surface area contributed by atoms with Crippen molar-refractivity contribution in [1.29, 1.82) is 0 Å².